The van der Waals surface area contributed by atoms with Crippen molar-refractivity contribution >= 4 is 15.9 Å². The van der Waals surface area contributed by atoms with E-state index in [1.165, 1.54) is 12.1 Å². The Bertz CT molecular complexity index is 1170. The number of carbonyl (C=O) groups excluding carboxylic acids is 1. The zero-order valence-corrected chi connectivity index (χ0v) is 19.2. The molecule has 0 spiro atoms. The Kier molecular flexibility index (Phi) is 7.54. The maximum absolute atomic E-state index is 12.6. The van der Waals surface area contributed by atoms with Crippen LogP contribution in [0.5, 0.6) is 0 Å². The summed E-state index contributed by atoms with van der Waals surface area (Å²) in [6.45, 7) is 1.87. The van der Waals surface area contributed by atoms with Crippen LogP contribution >= 0.6 is 0 Å². The Morgan fingerprint density at radius 2 is 1.52 bits per heavy atom. The second-order valence-electron chi connectivity index (χ2n) is 8.30. The van der Waals surface area contributed by atoms with Gasteiger partial charge in [0.05, 0.1) is 18.1 Å². The molecule has 0 aromatic heterocycles. The first-order valence-corrected chi connectivity index (χ1v) is 12.6. The molecule has 1 saturated carbocycles. The molecule has 0 saturated heterocycles. The van der Waals surface area contributed by atoms with Crippen LogP contribution in [0.25, 0.3) is 0 Å². The van der Waals surface area contributed by atoms with Gasteiger partial charge in [0.2, 0.25) is 10.0 Å². The highest BCUT2D eigenvalue weighted by Gasteiger charge is 2.24. The third kappa shape index (κ3) is 6.99. The topological polar surface area (TPSA) is 84.5 Å². The second-order valence-corrected chi connectivity index (χ2v) is 10.1. The highest BCUT2D eigenvalue weighted by Crippen LogP contribution is 2.28. The molecule has 1 fully saturated rings. The summed E-state index contributed by atoms with van der Waals surface area (Å²) in [7, 11) is -3.61. The van der Waals surface area contributed by atoms with E-state index in [9.17, 15) is 13.2 Å². The summed E-state index contributed by atoms with van der Waals surface area (Å²) < 4.78 is 33.3. The van der Waals surface area contributed by atoms with Gasteiger partial charge in [-0.1, -0.05) is 60.7 Å². The smallest absolute Gasteiger partial charge is 0.251 e. The maximum Gasteiger partial charge on any atom is 0.251 e. The number of benzene rings is 3. The van der Waals surface area contributed by atoms with Crippen molar-refractivity contribution in [2.24, 2.45) is 5.92 Å². The number of amides is 1. The monoisotopic (exact) mass is 464 g/mol. The molecule has 4 rings (SSSR count). The minimum Gasteiger partial charge on any atom is -0.372 e. The fourth-order valence-electron chi connectivity index (χ4n) is 3.34. The summed E-state index contributed by atoms with van der Waals surface area (Å²) in [6, 6.07) is 24.0. The first-order valence-electron chi connectivity index (χ1n) is 11.1. The molecule has 33 heavy (non-hydrogen) atoms. The van der Waals surface area contributed by atoms with Gasteiger partial charge in [0.15, 0.2) is 0 Å². The number of carbonyl (C=O) groups is 1. The Morgan fingerprint density at radius 3 is 2.21 bits per heavy atom. The van der Waals surface area contributed by atoms with Crippen molar-refractivity contribution in [1.29, 1.82) is 0 Å². The zero-order valence-electron chi connectivity index (χ0n) is 18.4. The second kappa shape index (κ2) is 10.7. The molecule has 1 amide bonds. The predicted molar refractivity (Wildman–Crippen MR) is 127 cm³/mol. The van der Waals surface area contributed by atoms with E-state index in [0.717, 1.165) is 29.5 Å². The lowest BCUT2D eigenvalue weighted by Gasteiger charge is -2.10. The lowest BCUT2D eigenvalue weighted by Crippen LogP contribution is -2.27. The van der Waals surface area contributed by atoms with Gasteiger partial charge >= 0.3 is 0 Å². The van der Waals surface area contributed by atoms with Gasteiger partial charge < -0.3 is 10.1 Å². The molecule has 3 aromatic carbocycles. The Labute approximate surface area is 195 Å². The molecular weight excluding hydrogens is 436 g/mol. The third-order valence-corrected chi connectivity index (χ3v) is 6.94. The molecule has 0 unspecified atom stereocenters. The number of hydrogen-bond donors (Lipinski definition) is 2. The minimum atomic E-state index is -3.61. The summed E-state index contributed by atoms with van der Waals surface area (Å²) >= 11 is 0. The van der Waals surface area contributed by atoms with Crippen LogP contribution in [-0.4, -0.2) is 20.9 Å². The fraction of sp³-hybridized carbons (Fsp3) is 0.269. The van der Waals surface area contributed by atoms with Crippen LogP contribution in [0.2, 0.25) is 0 Å². The molecule has 7 heteroatoms. The average Bonchev–Trinajstić information content (AvgIpc) is 3.68. The van der Waals surface area contributed by atoms with E-state index < -0.39 is 10.0 Å². The lowest BCUT2D eigenvalue weighted by atomic mass is 10.1. The molecule has 0 heterocycles. The van der Waals surface area contributed by atoms with Gasteiger partial charge in [-0.15, -0.1) is 0 Å². The Balaban J connectivity index is 1.27. The number of sulfonamides is 1. The van der Waals surface area contributed by atoms with Crippen molar-refractivity contribution in [3.63, 3.8) is 0 Å². The van der Waals surface area contributed by atoms with Crippen LogP contribution < -0.4 is 10.0 Å². The predicted octanol–water partition coefficient (Wildman–Crippen LogP) is 4.02. The Morgan fingerprint density at radius 1 is 0.848 bits per heavy atom. The summed E-state index contributed by atoms with van der Waals surface area (Å²) in [5.41, 5.74) is 3.45. The first-order chi connectivity index (χ1) is 16.0. The van der Waals surface area contributed by atoms with Crippen LogP contribution in [0.1, 0.15) is 39.9 Å². The van der Waals surface area contributed by atoms with E-state index in [2.05, 4.69) is 10.0 Å². The van der Waals surface area contributed by atoms with Crippen LogP contribution in [-0.2, 0) is 34.5 Å². The molecule has 0 bridgehead atoms. The molecular formula is C26H28N2O4S. The molecule has 6 nitrogen and oxygen atoms in total. The maximum atomic E-state index is 12.6. The molecule has 2 N–H and O–H groups in total. The van der Waals surface area contributed by atoms with Crippen molar-refractivity contribution in [3.8, 4) is 0 Å². The molecule has 1 aliphatic rings. The van der Waals surface area contributed by atoms with E-state index in [0.29, 0.717) is 37.8 Å². The molecule has 1 aliphatic carbocycles. The molecule has 3 aromatic rings. The van der Waals surface area contributed by atoms with E-state index in [1.54, 1.807) is 12.1 Å². The number of hydrogen-bond acceptors (Lipinski definition) is 4. The molecule has 172 valence electrons. The quantitative estimate of drug-likeness (QED) is 0.449. The largest absolute Gasteiger partial charge is 0.372 e. The average molecular weight is 465 g/mol. The minimum absolute atomic E-state index is 0.107. The van der Waals surface area contributed by atoms with Crippen molar-refractivity contribution in [2.75, 3.05) is 6.54 Å². The lowest BCUT2D eigenvalue weighted by molar-refractivity contribution is 0.0950. The van der Waals surface area contributed by atoms with E-state index in [4.69, 9.17) is 4.74 Å². The van der Waals surface area contributed by atoms with Gasteiger partial charge in [0, 0.05) is 18.7 Å². The van der Waals surface area contributed by atoms with Crippen molar-refractivity contribution in [1.82, 2.24) is 10.0 Å². The Hall–Kier alpha value is -3.00. The normalized spacial score (nSPS) is 13.6. The zero-order chi connectivity index (χ0) is 23.1. The fourth-order valence-corrected chi connectivity index (χ4v) is 4.50. The van der Waals surface area contributed by atoms with Crippen LogP contribution in [0.3, 0.4) is 0 Å². The van der Waals surface area contributed by atoms with Crippen molar-refractivity contribution in [2.45, 2.75) is 37.5 Å². The number of nitrogens with one attached hydrogen (secondary N) is 2. The van der Waals surface area contributed by atoms with Crippen LogP contribution in [0.15, 0.2) is 83.8 Å². The number of ether oxygens (including phenoxy) is 1. The highest BCUT2D eigenvalue weighted by molar-refractivity contribution is 7.89. The highest BCUT2D eigenvalue weighted by atomic mass is 32.2. The van der Waals surface area contributed by atoms with Crippen LogP contribution in [0, 0.1) is 5.92 Å². The SMILES string of the molecule is O=C(NCc1ccc(COCc2ccccc2)cc1)c1cccc(S(=O)(=O)NCC2CC2)c1. The van der Waals surface area contributed by atoms with Crippen molar-refractivity contribution in [3.05, 3.63) is 101 Å². The van der Waals surface area contributed by atoms with E-state index in [-0.39, 0.29) is 10.8 Å². The van der Waals surface area contributed by atoms with Gasteiger partial charge in [0.1, 0.15) is 0 Å². The summed E-state index contributed by atoms with van der Waals surface area (Å²) in [5, 5.41) is 2.85. The van der Waals surface area contributed by atoms with E-state index in [1.807, 2.05) is 54.6 Å². The third-order valence-electron chi connectivity index (χ3n) is 5.52. The van der Waals surface area contributed by atoms with Gasteiger partial charge in [-0.25, -0.2) is 13.1 Å². The van der Waals surface area contributed by atoms with Gasteiger partial charge in [0.25, 0.3) is 5.91 Å². The van der Waals surface area contributed by atoms with Gasteiger partial charge in [-0.2, -0.15) is 0 Å². The van der Waals surface area contributed by atoms with Crippen molar-refractivity contribution < 1.29 is 17.9 Å². The van der Waals surface area contributed by atoms with Gasteiger partial charge in [-0.05, 0) is 53.6 Å². The van der Waals surface area contributed by atoms with Gasteiger partial charge in [-0.3, -0.25) is 4.79 Å². The molecule has 0 aliphatic heterocycles. The molecule has 0 atom stereocenters. The summed E-state index contributed by atoms with van der Waals surface area (Å²) in [6.07, 6.45) is 2.12. The summed E-state index contributed by atoms with van der Waals surface area (Å²) in [5.74, 6) is 0.123. The summed E-state index contributed by atoms with van der Waals surface area (Å²) in [4.78, 5) is 12.7. The van der Waals surface area contributed by atoms with Crippen LogP contribution in [0.4, 0.5) is 0 Å². The number of rotatable bonds is 11. The first kappa shape index (κ1) is 23.2. The molecule has 0 radical (unpaired) electrons. The van der Waals surface area contributed by atoms with E-state index >= 15 is 0 Å². The standard InChI is InChI=1S/C26H28N2O4S/c29-26(24-7-4-8-25(15-24)33(30,31)28-17-21-9-10-21)27-16-20-11-13-23(14-12-20)19-32-18-22-5-2-1-3-6-22/h1-8,11-15,21,28H,9-10,16-19H2,(H,27,29).